The number of hydrogen-bond acceptors (Lipinski definition) is 3. The second-order valence-electron chi connectivity index (χ2n) is 8.52. The molecule has 0 saturated heterocycles. The highest BCUT2D eigenvalue weighted by molar-refractivity contribution is 7.84. The molecular weight excluding hydrogens is 343 g/mol. The number of hydrogen-bond donors (Lipinski definition) is 1. The molecule has 2 atom stereocenters. The van der Waals surface area contributed by atoms with Crippen LogP contribution in [0.3, 0.4) is 0 Å². The lowest BCUT2D eigenvalue weighted by Crippen LogP contribution is -2.44. The summed E-state index contributed by atoms with van der Waals surface area (Å²) < 4.78 is 34.6. The molecule has 0 aliphatic rings. The second kappa shape index (κ2) is 7.72. The zero-order valence-corrected chi connectivity index (χ0v) is 17.9. The van der Waals surface area contributed by atoms with Gasteiger partial charge >= 0.3 is 0 Å². The van der Waals surface area contributed by atoms with Crippen LogP contribution in [0.5, 0.6) is 0 Å². The van der Waals surface area contributed by atoms with Gasteiger partial charge in [-0.15, -0.1) is 0 Å². The number of rotatable bonds is 6. The molecule has 2 unspecified atom stereocenters. The Labute approximate surface area is 149 Å². The van der Waals surface area contributed by atoms with E-state index in [1.165, 1.54) is 12.3 Å². The number of pyridine rings is 1. The van der Waals surface area contributed by atoms with Crippen LogP contribution in [0.25, 0.3) is 0 Å². The molecule has 0 fully saturated rings. The maximum absolute atomic E-state index is 13.2. The lowest BCUT2D eigenvalue weighted by Gasteiger charge is -2.37. The molecule has 1 heterocycles. The molecule has 0 aromatic carbocycles. The topological polar surface area (TPSA) is 51.2 Å². The third-order valence-corrected chi connectivity index (χ3v) is 10.4. The molecule has 1 N–H and O–H groups in total. The van der Waals surface area contributed by atoms with Crippen molar-refractivity contribution in [2.75, 3.05) is 6.61 Å². The molecule has 0 aliphatic carbocycles. The van der Waals surface area contributed by atoms with Crippen molar-refractivity contribution >= 4 is 19.3 Å². The average molecular weight is 375 g/mol. The van der Waals surface area contributed by atoms with Crippen molar-refractivity contribution in [1.82, 2.24) is 9.71 Å². The minimum absolute atomic E-state index is 0.0803. The minimum Gasteiger partial charge on any atom is -0.415 e. The van der Waals surface area contributed by atoms with Gasteiger partial charge in [0, 0.05) is 0 Å². The van der Waals surface area contributed by atoms with E-state index in [-0.39, 0.29) is 16.9 Å². The van der Waals surface area contributed by atoms with Crippen molar-refractivity contribution < 1.29 is 13.0 Å². The van der Waals surface area contributed by atoms with Crippen LogP contribution in [0.4, 0.5) is 4.39 Å². The van der Waals surface area contributed by atoms with Gasteiger partial charge in [-0.3, -0.25) is 4.98 Å². The predicted molar refractivity (Wildman–Crippen MR) is 101 cm³/mol. The Bertz CT molecular complexity index is 565. The maximum atomic E-state index is 13.2. The zero-order valence-electron chi connectivity index (χ0n) is 16.1. The Hall–Kier alpha value is -0.633. The molecule has 1 aromatic heterocycles. The molecule has 0 saturated carbocycles. The molecule has 0 spiro atoms. The number of halogens is 1. The molecule has 0 radical (unpaired) electrons. The third kappa shape index (κ3) is 6.02. The summed E-state index contributed by atoms with van der Waals surface area (Å²) in [6, 6.07) is 2.63. The zero-order chi connectivity index (χ0) is 18.8. The first-order chi connectivity index (χ1) is 10.7. The van der Waals surface area contributed by atoms with Gasteiger partial charge in [0.1, 0.15) is 5.82 Å². The first-order valence-electron chi connectivity index (χ1n) is 8.17. The van der Waals surface area contributed by atoms with Gasteiger partial charge in [-0.2, -0.15) is 0 Å². The summed E-state index contributed by atoms with van der Waals surface area (Å²) >= 11 is 0. The van der Waals surface area contributed by atoms with Crippen molar-refractivity contribution in [1.29, 1.82) is 0 Å². The monoisotopic (exact) mass is 374 g/mol. The Morgan fingerprint density at radius 1 is 1.25 bits per heavy atom. The van der Waals surface area contributed by atoms with Crippen molar-refractivity contribution in [2.45, 2.75) is 70.5 Å². The summed E-state index contributed by atoms with van der Waals surface area (Å²) in [6.07, 6.45) is 1.18. The van der Waals surface area contributed by atoms with Crippen LogP contribution in [0.15, 0.2) is 18.3 Å². The number of nitrogens with one attached hydrogen (secondary N) is 1. The minimum atomic E-state index is -1.95. The van der Waals surface area contributed by atoms with E-state index in [0.717, 1.165) is 0 Å². The fourth-order valence-corrected chi connectivity index (χ4v) is 3.40. The standard InChI is InChI=1S/C17H31FN2O2SSi/c1-16(2,3)23(21)20-15(14-10-9-13(18)11-19-14)12-22-24(7,8)17(4,5)6/h9-11,15,20H,12H2,1-8H3. The van der Waals surface area contributed by atoms with E-state index < -0.39 is 24.1 Å². The molecule has 4 nitrogen and oxygen atoms in total. The summed E-state index contributed by atoms with van der Waals surface area (Å²) in [5.41, 5.74) is 0.632. The van der Waals surface area contributed by atoms with Crippen molar-refractivity contribution in [3.05, 3.63) is 29.8 Å². The van der Waals surface area contributed by atoms with Gasteiger partial charge in [0.25, 0.3) is 0 Å². The molecular formula is C17H31FN2O2SSi. The Kier molecular flexibility index (Phi) is 6.89. The molecule has 1 aromatic rings. The van der Waals surface area contributed by atoms with Gasteiger partial charge in [0.2, 0.25) is 0 Å². The summed E-state index contributed by atoms with van der Waals surface area (Å²) in [6.45, 7) is 16.9. The molecule has 24 heavy (non-hydrogen) atoms. The molecule has 7 heteroatoms. The first-order valence-corrected chi connectivity index (χ1v) is 12.2. The quantitative estimate of drug-likeness (QED) is 0.754. The second-order valence-corrected chi connectivity index (χ2v) is 15.3. The highest BCUT2D eigenvalue weighted by Gasteiger charge is 2.38. The lowest BCUT2D eigenvalue weighted by atomic mass is 10.2. The smallest absolute Gasteiger partial charge is 0.192 e. The Balaban J connectivity index is 2.98. The first kappa shape index (κ1) is 21.4. The van der Waals surface area contributed by atoms with Crippen LogP contribution >= 0.6 is 0 Å². The van der Waals surface area contributed by atoms with E-state index in [1.807, 2.05) is 20.8 Å². The fourth-order valence-electron chi connectivity index (χ4n) is 1.59. The van der Waals surface area contributed by atoms with Gasteiger partial charge in [-0.25, -0.2) is 13.3 Å². The van der Waals surface area contributed by atoms with E-state index in [9.17, 15) is 8.60 Å². The molecule has 138 valence electrons. The largest absolute Gasteiger partial charge is 0.415 e. The van der Waals surface area contributed by atoms with Gasteiger partial charge in [-0.1, -0.05) is 20.8 Å². The van der Waals surface area contributed by atoms with Gasteiger partial charge in [0.15, 0.2) is 8.32 Å². The van der Waals surface area contributed by atoms with Gasteiger partial charge in [-0.05, 0) is 51.0 Å². The molecule has 0 aliphatic heterocycles. The van der Waals surface area contributed by atoms with E-state index in [0.29, 0.717) is 12.3 Å². The average Bonchev–Trinajstić information content (AvgIpc) is 2.42. The lowest BCUT2D eigenvalue weighted by molar-refractivity contribution is 0.255. The van der Waals surface area contributed by atoms with Gasteiger partial charge in [0.05, 0.1) is 40.3 Å². The van der Waals surface area contributed by atoms with Crippen molar-refractivity contribution in [3.63, 3.8) is 0 Å². The van der Waals surface area contributed by atoms with E-state index >= 15 is 0 Å². The number of nitrogens with zero attached hydrogens (tertiary/aromatic N) is 1. The maximum Gasteiger partial charge on any atom is 0.192 e. The summed E-state index contributed by atoms with van der Waals surface area (Å²) in [7, 11) is -3.22. The van der Waals surface area contributed by atoms with Crippen LogP contribution in [0, 0.1) is 5.82 Å². The normalized spacial score (nSPS) is 16.0. The van der Waals surface area contributed by atoms with E-state index in [4.69, 9.17) is 4.43 Å². The Morgan fingerprint density at radius 2 is 1.83 bits per heavy atom. The van der Waals surface area contributed by atoms with Crippen LogP contribution in [0.1, 0.15) is 53.3 Å². The molecule has 0 amide bonds. The summed E-state index contributed by atoms with van der Waals surface area (Å²) in [5.74, 6) is -0.389. The highest BCUT2D eigenvalue weighted by Crippen LogP contribution is 2.37. The van der Waals surface area contributed by atoms with Crippen LogP contribution < -0.4 is 4.72 Å². The summed E-state index contributed by atoms with van der Waals surface area (Å²) in [4.78, 5) is 4.14. The molecule has 0 bridgehead atoms. The van der Waals surface area contributed by atoms with Crippen LogP contribution in [-0.4, -0.2) is 28.9 Å². The van der Waals surface area contributed by atoms with Crippen LogP contribution in [0.2, 0.25) is 18.1 Å². The van der Waals surface area contributed by atoms with Crippen molar-refractivity contribution in [3.8, 4) is 0 Å². The van der Waals surface area contributed by atoms with Gasteiger partial charge < -0.3 is 4.43 Å². The predicted octanol–water partition coefficient (Wildman–Crippen LogP) is 4.34. The number of aromatic nitrogens is 1. The van der Waals surface area contributed by atoms with Crippen molar-refractivity contribution in [2.24, 2.45) is 0 Å². The SMILES string of the molecule is CC(C)(C)S(=O)NC(CO[Si](C)(C)C(C)(C)C)c1ccc(F)cn1. The Morgan fingerprint density at radius 3 is 2.25 bits per heavy atom. The van der Waals surface area contributed by atoms with E-state index in [1.54, 1.807) is 6.07 Å². The van der Waals surface area contributed by atoms with E-state index in [2.05, 4.69) is 43.6 Å². The molecule has 1 rings (SSSR count). The van der Waals surface area contributed by atoms with Crippen LogP contribution in [-0.2, 0) is 15.4 Å². The summed E-state index contributed by atoms with van der Waals surface area (Å²) in [5, 5.41) is 0.0803. The fraction of sp³-hybridized carbons (Fsp3) is 0.706. The highest BCUT2D eigenvalue weighted by atomic mass is 32.2. The third-order valence-electron chi connectivity index (χ3n) is 4.33.